The summed E-state index contributed by atoms with van der Waals surface area (Å²) in [6, 6.07) is 0. The normalized spacial score (nSPS) is 13.8. The van der Waals surface area contributed by atoms with Crippen molar-refractivity contribution in [3.05, 3.63) is 0 Å². The molecule has 0 heterocycles. The van der Waals surface area contributed by atoms with Crippen LogP contribution in [0.1, 0.15) is 20.3 Å². The third-order valence-corrected chi connectivity index (χ3v) is 2.03. The third-order valence-electron chi connectivity index (χ3n) is 2.03. The smallest absolute Gasteiger partial charge is 0.0900 e. The summed E-state index contributed by atoms with van der Waals surface area (Å²) in [7, 11) is 3.69. The topological polar surface area (TPSA) is 41.9 Å². The molecule has 0 rings (SSSR count). The van der Waals surface area contributed by atoms with Gasteiger partial charge in [0, 0.05) is 26.8 Å². The Morgan fingerprint density at radius 2 is 2.00 bits per heavy atom. The summed E-state index contributed by atoms with van der Waals surface area (Å²) in [4.78, 5) is 2.09. The van der Waals surface area contributed by atoms with Gasteiger partial charge in [0.2, 0.25) is 0 Å². The molecule has 15 heavy (non-hydrogen) atoms. The lowest BCUT2D eigenvalue weighted by molar-refractivity contribution is -0.00611. The molecule has 0 amide bonds. The standard InChI is InChI=1S/C11H25NO3/c1-10(2)15-9-11(13)8-12(3)6-5-7-14-4/h10-11,13H,5-9H2,1-4H3. The van der Waals surface area contributed by atoms with E-state index in [-0.39, 0.29) is 6.10 Å². The Balaban J connectivity index is 3.44. The maximum atomic E-state index is 9.63. The number of nitrogens with zero attached hydrogens (tertiary/aromatic N) is 1. The van der Waals surface area contributed by atoms with Gasteiger partial charge < -0.3 is 19.5 Å². The third kappa shape index (κ3) is 10.1. The first-order valence-electron chi connectivity index (χ1n) is 5.53. The van der Waals surface area contributed by atoms with Crippen LogP contribution in [0.2, 0.25) is 0 Å². The number of hydrogen-bond acceptors (Lipinski definition) is 4. The van der Waals surface area contributed by atoms with Crippen molar-refractivity contribution in [2.24, 2.45) is 0 Å². The Labute approximate surface area is 93.2 Å². The summed E-state index contributed by atoms with van der Waals surface area (Å²) < 4.78 is 10.3. The second-order valence-corrected chi connectivity index (χ2v) is 4.14. The molecule has 92 valence electrons. The van der Waals surface area contributed by atoms with Gasteiger partial charge in [-0.3, -0.25) is 0 Å². The minimum atomic E-state index is -0.403. The van der Waals surface area contributed by atoms with E-state index in [4.69, 9.17) is 9.47 Å². The molecule has 0 aromatic rings. The molecule has 0 radical (unpaired) electrons. The van der Waals surface area contributed by atoms with E-state index in [1.54, 1.807) is 7.11 Å². The van der Waals surface area contributed by atoms with E-state index in [0.717, 1.165) is 19.6 Å². The number of rotatable bonds is 9. The van der Waals surface area contributed by atoms with Gasteiger partial charge in [-0.05, 0) is 27.3 Å². The first-order valence-corrected chi connectivity index (χ1v) is 5.53. The number of aliphatic hydroxyl groups excluding tert-OH is 1. The lowest BCUT2D eigenvalue weighted by Gasteiger charge is -2.21. The zero-order valence-electron chi connectivity index (χ0n) is 10.4. The molecule has 0 aliphatic carbocycles. The zero-order chi connectivity index (χ0) is 11.7. The molecule has 1 atom stereocenters. The fourth-order valence-corrected chi connectivity index (χ4v) is 1.29. The van der Waals surface area contributed by atoms with Crippen molar-refractivity contribution in [3.63, 3.8) is 0 Å². The van der Waals surface area contributed by atoms with Gasteiger partial charge in [0.05, 0.1) is 18.8 Å². The van der Waals surface area contributed by atoms with Gasteiger partial charge >= 0.3 is 0 Å². The molecule has 0 aromatic heterocycles. The van der Waals surface area contributed by atoms with Gasteiger partial charge in [-0.1, -0.05) is 0 Å². The van der Waals surface area contributed by atoms with Gasteiger partial charge in [-0.15, -0.1) is 0 Å². The van der Waals surface area contributed by atoms with E-state index in [9.17, 15) is 5.11 Å². The van der Waals surface area contributed by atoms with E-state index >= 15 is 0 Å². The highest BCUT2D eigenvalue weighted by Gasteiger charge is 2.08. The highest BCUT2D eigenvalue weighted by molar-refractivity contribution is 4.61. The summed E-state index contributed by atoms with van der Waals surface area (Å²) in [5.74, 6) is 0. The Kier molecular flexibility index (Phi) is 9.00. The second-order valence-electron chi connectivity index (χ2n) is 4.14. The van der Waals surface area contributed by atoms with Crippen molar-refractivity contribution >= 4 is 0 Å². The van der Waals surface area contributed by atoms with Crippen LogP contribution < -0.4 is 0 Å². The van der Waals surface area contributed by atoms with Crippen LogP contribution in [0.3, 0.4) is 0 Å². The average molecular weight is 219 g/mol. The Hall–Kier alpha value is -0.160. The summed E-state index contributed by atoms with van der Waals surface area (Å²) in [6.45, 7) is 6.70. The molecule has 0 saturated carbocycles. The molecule has 4 heteroatoms. The van der Waals surface area contributed by atoms with E-state index in [0.29, 0.717) is 13.2 Å². The number of ether oxygens (including phenoxy) is 2. The van der Waals surface area contributed by atoms with Gasteiger partial charge in [-0.25, -0.2) is 0 Å². The van der Waals surface area contributed by atoms with Crippen molar-refractivity contribution in [1.82, 2.24) is 4.90 Å². The molecule has 0 bridgehead atoms. The SMILES string of the molecule is COCCCN(C)CC(O)COC(C)C. The Morgan fingerprint density at radius 1 is 1.33 bits per heavy atom. The molecule has 0 fully saturated rings. The van der Waals surface area contributed by atoms with Gasteiger partial charge in [0.15, 0.2) is 0 Å². The fourth-order valence-electron chi connectivity index (χ4n) is 1.29. The van der Waals surface area contributed by atoms with Crippen LogP contribution in [0.25, 0.3) is 0 Å². The Bertz CT molecular complexity index is 142. The van der Waals surface area contributed by atoms with Crippen LogP contribution in [0.4, 0.5) is 0 Å². The van der Waals surface area contributed by atoms with Crippen LogP contribution in [-0.2, 0) is 9.47 Å². The zero-order valence-corrected chi connectivity index (χ0v) is 10.4. The van der Waals surface area contributed by atoms with Gasteiger partial charge in [0.25, 0.3) is 0 Å². The van der Waals surface area contributed by atoms with E-state index in [1.165, 1.54) is 0 Å². The minimum Gasteiger partial charge on any atom is -0.389 e. The summed E-state index contributed by atoms with van der Waals surface area (Å²) >= 11 is 0. The van der Waals surface area contributed by atoms with E-state index in [2.05, 4.69) is 4.90 Å². The molecular formula is C11H25NO3. The molecule has 0 aromatic carbocycles. The molecule has 0 spiro atoms. The predicted molar refractivity (Wildman–Crippen MR) is 61.1 cm³/mol. The van der Waals surface area contributed by atoms with Crippen LogP contribution in [-0.4, -0.2) is 62.7 Å². The fraction of sp³-hybridized carbons (Fsp3) is 1.00. The largest absolute Gasteiger partial charge is 0.389 e. The summed E-state index contributed by atoms with van der Waals surface area (Å²) in [6.07, 6.45) is 0.767. The monoisotopic (exact) mass is 219 g/mol. The lowest BCUT2D eigenvalue weighted by Crippen LogP contribution is -2.33. The van der Waals surface area contributed by atoms with Crippen LogP contribution in [0.15, 0.2) is 0 Å². The Morgan fingerprint density at radius 3 is 2.53 bits per heavy atom. The highest BCUT2D eigenvalue weighted by Crippen LogP contribution is 1.95. The van der Waals surface area contributed by atoms with E-state index < -0.39 is 6.10 Å². The number of hydrogen-bond donors (Lipinski definition) is 1. The minimum absolute atomic E-state index is 0.179. The van der Waals surface area contributed by atoms with Crippen LogP contribution in [0, 0.1) is 0 Å². The molecular weight excluding hydrogens is 194 g/mol. The summed E-state index contributed by atoms with van der Waals surface area (Å²) in [5.41, 5.74) is 0. The number of aliphatic hydroxyl groups is 1. The molecule has 1 N–H and O–H groups in total. The first-order chi connectivity index (χ1) is 7.06. The van der Waals surface area contributed by atoms with Crippen molar-refractivity contribution in [3.8, 4) is 0 Å². The molecule has 0 saturated heterocycles. The molecule has 1 unspecified atom stereocenters. The predicted octanol–water partition coefficient (Wildman–Crippen LogP) is 0.741. The van der Waals surface area contributed by atoms with Crippen molar-refractivity contribution in [1.29, 1.82) is 0 Å². The first kappa shape index (κ1) is 14.8. The highest BCUT2D eigenvalue weighted by atomic mass is 16.5. The van der Waals surface area contributed by atoms with E-state index in [1.807, 2.05) is 20.9 Å². The average Bonchev–Trinajstić information content (AvgIpc) is 2.15. The van der Waals surface area contributed by atoms with Crippen molar-refractivity contribution < 1.29 is 14.6 Å². The maximum absolute atomic E-state index is 9.63. The number of likely N-dealkylation sites (N-methyl/N-ethyl adjacent to an activating group) is 1. The summed E-state index contributed by atoms with van der Waals surface area (Å²) in [5, 5.41) is 9.63. The molecule has 0 aliphatic heterocycles. The molecule has 4 nitrogen and oxygen atoms in total. The van der Waals surface area contributed by atoms with Gasteiger partial charge in [-0.2, -0.15) is 0 Å². The van der Waals surface area contributed by atoms with Crippen LogP contribution in [0.5, 0.6) is 0 Å². The quantitative estimate of drug-likeness (QED) is 0.581. The second kappa shape index (κ2) is 9.09. The maximum Gasteiger partial charge on any atom is 0.0900 e. The van der Waals surface area contributed by atoms with Crippen LogP contribution >= 0.6 is 0 Å². The number of methoxy groups -OCH3 is 1. The lowest BCUT2D eigenvalue weighted by atomic mass is 10.3. The molecule has 0 aliphatic rings. The van der Waals surface area contributed by atoms with Crippen molar-refractivity contribution in [2.45, 2.75) is 32.5 Å². The van der Waals surface area contributed by atoms with Crippen molar-refractivity contribution in [2.75, 3.05) is 40.5 Å². The van der Waals surface area contributed by atoms with Gasteiger partial charge in [0.1, 0.15) is 0 Å².